The second kappa shape index (κ2) is 6.49. The Hall–Kier alpha value is -2.22. The van der Waals surface area contributed by atoms with Crippen LogP contribution in [0.25, 0.3) is 0 Å². The summed E-state index contributed by atoms with van der Waals surface area (Å²) in [6.45, 7) is 8.81. The third-order valence-electron chi connectivity index (χ3n) is 4.02. The maximum absolute atomic E-state index is 12.3. The standard InChI is InChI=1S/C15H23N7O/c1-4-12-18-19-14-9-20(7-8-21(12)14)10-15(23)17-13-5-6-16-22(13)11(2)3/h5-6,11H,4,7-10H2,1-3H3,(H,17,23). The third kappa shape index (κ3) is 3.26. The number of aryl methyl sites for hydroxylation is 1. The second-order valence-electron chi connectivity index (χ2n) is 6.05. The van der Waals surface area contributed by atoms with Crippen LogP contribution in [0.5, 0.6) is 0 Å². The number of nitrogens with zero attached hydrogens (tertiary/aromatic N) is 6. The molecule has 8 heteroatoms. The molecular weight excluding hydrogens is 294 g/mol. The van der Waals surface area contributed by atoms with Crippen molar-refractivity contribution >= 4 is 11.7 Å². The minimum absolute atomic E-state index is 0.0314. The summed E-state index contributed by atoms with van der Waals surface area (Å²) in [6, 6.07) is 2.03. The van der Waals surface area contributed by atoms with Crippen LogP contribution < -0.4 is 5.32 Å². The maximum atomic E-state index is 12.3. The third-order valence-corrected chi connectivity index (χ3v) is 4.02. The Morgan fingerprint density at radius 3 is 2.91 bits per heavy atom. The summed E-state index contributed by atoms with van der Waals surface area (Å²) >= 11 is 0. The molecule has 0 aliphatic carbocycles. The molecule has 0 bridgehead atoms. The van der Waals surface area contributed by atoms with E-state index in [2.05, 4.69) is 37.0 Å². The highest BCUT2D eigenvalue weighted by atomic mass is 16.2. The van der Waals surface area contributed by atoms with Crippen molar-refractivity contribution < 1.29 is 4.79 Å². The zero-order chi connectivity index (χ0) is 16.4. The largest absolute Gasteiger partial charge is 0.313 e. The average Bonchev–Trinajstić information content (AvgIpc) is 3.12. The summed E-state index contributed by atoms with van der Waals surface area (Å²) in [5.74, 6) is 2.66. The molecule has 2 aromatic heterocycles. The minimum atomic E-state index is -0.0314. The van der Waals surface area contributed by atoms with Gasteiger partial charge in [-0.1, -0.05) is 6.92 Å². The van der Waals surface area contributed by atoms with Gasteiger partial charge in [0.15, 0.2) is 0 Å². The van der Waals surface area contributed by atoms with E-state index in [4.69, 9.17) is 0 Å². The maximum Gasteiger partial charge on any atom is 0.239 e. The van der Waals surface area contributed by atoms with Crippen molar-refractivity contribution in [3.8, 4) is 0 Å². The molecule has 1 amide bonds. The van der Waals surface area contributed by atoms with Gasteiger partial charge in [0.1, 0.15) is 17.5 Å². The fourth-order valence-electron chi connectivity index (χ4n) is 2.87. The van der Waals surface area contributed by atoms with Gasteiger partial charge in [-0.2, -0.15) is 5.10 Å². The molecule has 2 aromatic rings. The van der Waals surface area contributed by atoms with Gasteiger partial charge in [0.25, 0.3) is 0 Å². The van der Waals surface area contributed by atoms with E-state index >= 15 is 0 Å². The fourth-order valence-corrected chi connectivity index (χ4v) is 2.87. The first-order valence-electron chi connectivity index (χ1n) is 8.05. The highest BCUT2D eigenvalue weighted by Crippen LogP contribution is 2.15. The number of carbonyl (C=O) groups excluding carboxylic acids is 1. The zero-order valence-electron chi connectivity index (χ0n) is 13.9. The fraction of sp³-hybridized carbons (Fsp3) is 0.600. The number of anilines is 1. The lowest BCUT2D eigenvalue weighted by Gasteiger charge is -2.27. The van der Waals surface area contributed by atoms with Gasteiger partial charge in [0.05, 0.1) is 19.3 Å². The van der Waals surface area contributed by atoms with Crippen LogP contribution in [-0.2, 0) is 24.3 Å². The first-order valence-corrected chi connectivity index (χ1v) is 8.05. The average molecular weight is 317 g/mol. The highest BCUT2D eigenvalue weighted by molar-refractivity contribution is 5.91. The molecule has 0 fully saturated rings. The predicted octanol–water partition coefficient (Wildman–Crippen LogP) is 1.07. The molecular formula is C15H23N7O. The number of hydrogen-bond acceptors (Lipinski definition) is 5. The molecule has 0 unspecified atom stereocenters. The van der Waals surface area contributed by atoms with Crippen LogP contribution in [0, 0.1) is 0 Å². The topological polar surface area (TPSA) is 80.9 Å². The molecule has 23 heavy (non-hydrogen) atoms. The van der Waals surface area contributed by atoms with Crippen molar-refractivity contribution in [2.24, 2.45) is 0 Å². The highest BCUT2D eigenvalue weighted by Gasteiger charge is 2.22. The lowest BCUT2D eigenvalue weighted by Crippen LogP contribution is -2.39. The number of fused-ring (bicyclic) bond motifs is 1. The van der Waals surface area contributed by atoms with Crippen molar-refractivity contribution in [2.45, 2.75) is 46.3 Å². The van der Waals surface area contributed by atoms with E-state index in [0.29, 0.717) is 13.1 Å². The predicted molar refractivity (Wildman–Crippen MR) is 85.9 cm³/mol. The number of nitrogens with one attached hydrogen (secondary N) is 1. The summed E-state index contributed by atoms with van der Waals surface area (Å²) in [5.41, 5.74) is 0. The van der Waals surface area contributed by atoms with E-state index in [1.54, 1.807) is 10.9 Å². The Morgan fingerprint density at radius 2 is 2.17 bits per heavy atom. The monoisotopic (exact) mass is 317 g/mol. The molecule has 124 valence electrons. The summed E-state index contributed by atoms with van der Waals surface area (Å²) < 4.78 is 3.96. The van der Waals surface area contributed by atoms with Gasteiger partial charge in [0.2, 0.25) is 5.91 Å². The summed E-state index contributed by atoms with van der Waals surface area (Å²) in [4.78, 5) is 14.4. The smallest absolute Gasteiger partial charge is 0.239 e. The van der Waals surface area contributed by atoms with Crippen molar-refractivity contribution in [2.75, 3.05) is 18.4 Å². The Labute approximate surface area is 135 Å². The van der Waals surface area contributed by atoms with Crippen LogP contribution in [0.2, 0.25) is 0 Å². The molecule has 1 aliphatic rings. The van der Waals surface area contributed by atoms with Gasteiger partial charge in [-0.05, 0) is 13.8 Å². The van der Waals surface area contributed by atoms with Crippen LogP contribution >= 0.6 is 0 Å². The van der Waals surface area contributed by atoms with Gasteiger partial charge >= 0.3 is 0 Å². The second-order valence-corrected chi connectivity index (χ2v) is 6.05. The molecule has 1 N–H and O–H groups in total. The van der Waals surface area contributed by atoms with E-state index < -0.39 is 0 Å². The normalized spacial score (nSPS) is 15.0. The summed E-state index contributed by atoms with van der Waals surface area (Å²) in [5, 5.41) is 15.6. The molecule has 3 heterocycles. The van der Waals surface area contributed by atoms with Gasteiger partial charge in [0, 0.05) is 31.6 Å². The van der Waals surface area contributed by atoms with E-state index in [1.165, 1.54) is 0 Å². The van der Waals surface area contributed by atoms with Crippen molar-refractivity contribution in [1.29, 1.82) is 0 Å². The van der Waals surface area contributed by atoms with Gasteiger partial charge in [-0.25, -0.2) is 4.68 Å². The SMILES string of the molecule is CCc1nnc2n1CCN(CC(=O)Nc1ccnn1C(C)C)C2. The summed E-state index contributed by atoms with van der Waals surface area (Å²) in [7, 11) is 0. The van der Waals surface area contributed by atoms with Crippen molar-refractivity contribution in [3.63, 3.8) is 0 Å². The van der Waals surface area contributed by atoms with Crippen molar-refractivity contribution in [3.05, 3.63) is 23.9 Å². The number of carbonyl (C=O) groups is 1. The van der Waals surface area contributed by atoms with Crippen LogP contribution in [0.15, 0.2) is 12.3 Å². The van der Waals surface area contributed by atoms with Crippen LogP contribution in [-0.4, -0.2) is 48.4 Å². The lowest BCUT2D eigenvalue weighted by molar-refractivity contribution is -0.117. The van der Waals surface area contributed by atoms with Crippen LogP contribution in [0.3, 0.4) is 0 Å². The number of aromatic nitrogens is 5. The van der Waals surface area contributed by atoms with E-state index in [0.717, 1.165) is 37.0 Å². The van der Waals surface area contributed by atoms with Gasteiger partial charge in [-0.3, -0.25) is 9.69 Å². The van der Waals surface area contributed by atoms with Gasteiger partial charge in [-0.15, -0.1) is 10.2 Å². The molecule has 1 aliphatic heterocycles. The Bertz CT molecular complexity index is 688. The molecule has 3 rings (SSSR count). The number of rotatable bonds is 5. The quantitative estimate of drug-likeness (QED) is 0.892. The Balaban J connectivity index is 1.60. The Morgan fingerprint density at radius 1 is 1.35 bits per heavy atom. The lowest BCUT2D eigenvalue weighted by atomic mass is 10.3. The van der Waals surface area contributed by atoms with E-state index in [1.807, 2.05) is 19.9 Å². The first-order chi connectivity index (χ1) is 11.1. The number of hydrogen-bond donors (Lipinski definition) is 1. The van der Waals surface area contributed by atoms with Crippen LogP contribution in [0.4, 0.5) is 5.82 Å². The van der Waals surface area contributed by atoms with Crippen LogP contribution in [0.1, 0.15) is 38.5 Å². The summed E-state index contributed by atoms with van der Waals surface area (Å²) in [6.07, 6.45) is 2.58. The molecule has 0 aromatic carbocycles. The van der Waals surface area contributed by atoms with E-state index in [-0.39, 0.29) is 11.9 Å². The minimum Gasteiger partial charge on any atom is -0.313 e. The molecule has 0 radical (unpaired) electrons. The first kappa shape index (κ1) is 15.7. The zero-order valence-corrected chi connectivity index (χ0v) is 13.9. The Kier molecular flexibility index (Phi) is 4.42. The molecule has 0 saturated heterocycles. The molecule has 0 atom stereocenters. The molecule has 0 saturated carbocycles. The van der Waals surface area contributed by atoms with Crippen molar-refractivity contribution in [1.82, 2.24) is 29.4 Å². The number of amides is 1. The van der Waals surface area contributed by atoms with E-state index in [9.17, 15) is 4.79 Å². The molecule has 8 nitrogen and oxygen atoms in total. The van der Waals surface area contributed by atoms with Gasteiger partial charge < -0.3 is 9.88 Å². The molecule has 0 spiro atoms.